The van der Waals surface area contributed by atoms with Crippen molar-refractivity contribution in [2.75, 3.05) is 0 Å². The molecule has 0 aliphatic heterocycles. The number of hydrogen-bond donors (Lipinski definition) is 4. The normalized spacial score (nSPS) is 8.67. The van der Waals surface area contributed by atoms with E-state index in [1.807, 2.05) is 0 Å². The van der Waals surface area contributed by atoms with Crippen LogP contribution in [0.3, 0.4) is 0 Å². The predicted octanol–water partition coefficient (Wildman–Crippen LogP) is 0.450. The highest BCUT2D eigenvalue weighted by Gasteiger charge is 2.00. The SMILES string of the molecule is C/C(=C/C(=O)O)C(=O)O.C=CC(=O)O.CC(=O)O. The van der Waals surface area contributed by atoms with Crippen molar-refractivity contribution in [3.05, 3.63) is 24.3 Å². The van der Waals surface area contributed by atoms with Gasteiger partial charge in [0.1, 0.15) is 0 Å². The molecule has 0 aromatic carbocycles. The summed E-state index contributed by atoms with van der Waals surface area (Å²) in [6, 6.07) is 0. The summed E-state index contributed by atoms with van der Waals surface area (Å²) < 4.78 is 0. The van der Waals surface area contributed by atoms with Crippen LogP contribution in [0.1, 0.15) is 13.8 Å². The summed E-state index contributed by atoms with van der Waals surface area (Å²) >= 11 is 0. The molecule has 0 unspecified atom stereocenters. The summed E-state index contributed by atoms with van der Waals surface area (Å²) in [4.78, 5) is 37.9. The van der Waals surface area contributed by atoms with E-state index in [0.717, 1.165) is 13.0 Å². The van der Waals surface area contributed by atoms with Gasteiger partial charge < -0.3 is 20.4 Å². The Morgan fingerprint density at radius 2 is 1.17 bits per heavy atom. The highest BCUT2D eigenvalue weighted by molar-refractivity contribution is 5.93. The minimum absolute atomic E-state index is 0.178. The third kappa shape index (κ3) is 37.7. The van der Waals surface area contributed by atoms with Gasteiger partial charge in [0.2, 0.25) is 0 Å². The molecule has 0 amide bonds. The minimum Gasteiger partial charge on any atom is -0.481 e. The molecular formula is C10H14O8. The average Bonchev–Trinajstić information content (AvgIpc) is 2.16. The highest BCUT2D eigenvalue weighted by atomic mass is 16.4. The lowest BCUT2D eigenvalue weighted by atomic mass is 10.3. The number of carboxylic acid groups (broad SMARTS) is 4. The van der Waals surface area contributed by atoms with Crippen molar-refractivity contribution in [2.24, 2.45) is 0 Å². The third-order valence-corrected chi connectivity index (χ3v) is 0.852. The first-order valence-corrected chi connectivity index (χ1v) is 4.24. The molecule has 0 atom stereocenters. The first kappa shape index (κ1) is 20.7. The van der Waals surface area contributed by atoms with Crippen LogP contribution in [0.25, 0.3) is 0 Å². The molecule has 18 heavy (non-hydrogen) atoms. The van der Waals surface area contributed by atoms with Crippen LogP contribution in [0, 0.1) is 0 Å². The zero-order valence-electron chi connectivity index (χ0n) is 9.78. The molecule has 0 aromatic heterocycles. The summed E-state index contributed by atoms with van der Waals surface area (Å²) in [6.45, 7) is 5.26. The van der Waals surface area contributed by atoms with Gasteiger partial charge in [0.15, 0.2) is 0 Å². The lowest BCUT2D eigenvalue weighted by Crippen LogP contribution is -1.99. The van der Waals surface area contributed by atoms with Gasteiger partial charge in [-0.05, 0) is 6.92 Å². The fraction of sp³-hybridized carbons (Fsp3) is 0.200. The van der Waals surface area contributed by atoms with Crippen molar-refractivity contribution in [2.45, 2.75) is 13.8 Å². The standard InChI is InChI=1S/C5H6O4.C3H4O2.C2H4O2/c1-3(5(8)9)2-4(6)7;1-2-3(4)5;1-2(3)4/h2H,1H3,(H,6,7)(H,8,9);2H,1H2,(H,4,5);1H3,(H,3,4)/b3-2-;;. The van der Waals surface area contributed by atoms with Crippen LogP contribution < -0.4 is 0 Å². The van der Waals surface area contributed by atoms with E-state index in [-0.39, 0.29) is 5.57 Å². The smallest absolute Gasteiger partial charge is 0.331 e. The van der Waals surface area contributed by atoms with Gasteiger partial charge in [0, 0.05) is 24.6 Å². The van der Waals surface area contributed by atoms with Crippen LogP contribution in [0.15, 0.2) is 24.3 Å². The minimum atomic E-state index is -1.24. The summed E-state index contributed by atoms with van der Waals surface area (Å²) in [7, 11) is 0. The van der Waals surface area contributed by atoms with Crippen molar-refractivity contribution in [1.29, 1.82) is 0 Å². The second-order valence-corrected chi connectivity index (χ2v) is 2.53. The summed E-state index contributed by atoms with van der Waals surface area (Å²) in [5, 5.41) is 31.1. The summed E-state index contributed by atoms with van der Waals surface area (Å²) in [5.74, 6) is -4.27. The van der Waals surface area contributed by atoms with Gasteiger partial charge in [-0.3, -0.25) is 4.79 Å². The summed E-state index contributed by atoms with van der Waals surface area (Å²) in [5.41, 5.74) is -0.178. The second kappa shape index (κ2) is 12.4. The molecule has 8 nitrogen and oxygen atoms in total. The molecule has 102 valence electrons. The lowest BCUT2D eigenvalue weighted by Gasteiger charge is -1.86. The Bertz CT molecular complexity index is 349. The van der Waals surface area contributed by atoms with Gasteiger partial charge in [-0.2, -0.15) is 0 Å². The van der Waals surface area contributed by atoms with E-state index in [1.165, 1.54) is 6.92 Å². The molecule has 0 radical (unpaired) electrons. The molecular weight excluding hydrogens is 248 g/mol. The van der Waals surface area contributed by atoms with Crippen molar-refractivity contribution in [3.63, 3.8) is 0 Å². The zero-order chi connectivity index (χ0) is 15.3. The van der Waals surface area contributed by atoms with E-state index in [2.05, 4.69) is 6.58 Å². The Morgan fingerprint density at radius 1 is 0.889 bits per heavy atom. The van der Waals surface area contributed by atoms with E-state index in [1.54, 1.807) is 0 Å². The number of carboxylic acids is 4. The zero-order valence-corrected chi connectivity index (χ0v) is 9.78. The third-order valence-electron chi connectivity index (χ3n) is 0.852. The molecule has 0 fully saturated rings. The number of hydrogen-bond acceptors (Lipinski definition) is 4. The van der Waals surface area contributed by atoms with Crippen molar-refractivity contribution < 1.29 is 39.6 Å². The largest absolute Gasteiger partial charge is 0.481 e. The van der Waals surface area contributed by atoms with Crippen molar-refractivity contribution >= 4 is 23.9 Å². The quantitative estimate of drug-likeness (QED) is 0.535. The molecule has 0 aromatic rings. The Balaban J connectivity index is -0.000000212. The van der Waals surface area contributed by atoms with E-state index in [4.69, 9.17) is 25.2 Å². The lowest BCUT2D eigenvalue weighted by molar-refractivity contribution is -0.135. The fourth-order valence-corrected chi connectivity index (χ4v) is 0.247. The van der Waals surface area contributed by atoms with Crippen molar-refractivity contribution in [3.8, 4) is 0 Å². The summed E-state index contributed by atoms with van der Waals surface area (Å²) in [6.07, 6.45) is 1.47. The van der Waals surface area contributed by atoms with Crippen LogP contribution in [0.2, 0.25) is 0 Å². The van der Waals surface area contributed by atoms with Crippen molar-refractivity contribution in [1.82, 2.24) is 0 Å². The molecule has 0 aliphatic rings. The Labute approximate surface area is 102 Å². The molecule has 0 heterocycles. The van der Waals surface area contributed by atoms with Gasteiger partial charge in [0.25, 0.3) is 5.97 Å². The van der Waals surface area contributed by atoms with Crippen LogP contribution >= 0.6 is 0 Å². The Hall–Kier alpha value is -2.64. The number of aliphatic carboxylic acids is 4. The van der Waals surface area contributed by atoms with E-state index < -0.39 is 23.9 Å². The first-order chi connectivity index (χ1) is 8.04. The van der Waals surface area contributed by atoms with Gasteiger partial charge in [-0.25, -0.2) is 14.4 Å². The molecule has 0 spiro atoms. The number of rotatable bonds is 3. The first-order valence-electron chi connectivity index (χ1n) is 4.24. The Kier molecular flexibility index (Phi) is 14.3. The molecule has 0 saturated heterocycles. The van der Waals surface area contributed by atoms with Gasteiger partial charge in [-0.15, -0.1) is 0 Å². The van der Waals surface area contributed by atoms with Crippen LogP contribution in [0.5, 0.6) is 0 Å². The topological polar surface area (TPSA) is 149 Å². The van der Waals surface area contributed by atoms with Gasteiger partial charge >= 0.3 is 17.9 Å². The average molecular weight is 262 g/mol. The molecule has 0 rings (SSSR count). The van der Waals surface area contributed by atoms with E-state index >= 15 is 0 Å². The number of carbonyl (C=O) groups is 4. The van der Waals surface area contributed by atoms with Crippen LogP contribution in [-0.4, -0.2) is 44.3 Å². The maximum Gasteiger partial charge on any atom is 0.331 e. The maximum absolute atomic E-state index is 9.90. The van der Waals surface area contributed by atoms with E-state index in [0.29, 0.717) is 6.08 Å². The van der Waals surface area contributed by atoms with Gasteiger partial charge in [-0.1, -0.05) is 6.58 Å². The molecule has 0 saturated carbocycles. The molecule has 4 N–H and O–H groups in total. The van der Waals surface area contributed by atoms with Crippen LogP contribution in [0.4, 0.5) is 0 Å². The Morgan fingerprint density at radius 3 is 1.22 bits per heavy atom. The molecule has 0 bridgehead atoms. The second-order valence-electron chi connectivity index (χ2n) is 2.53. The van der Waals surface area contributed by atoms with E-state index in [9.17, 15) is 14.4 Å². The molecule has 8 heteroatoms. The monoisotopic (exact) mass is 262 g/mol. The fourth-order valence-electron chi connectivity index (χ4n) is 0.247. The van der Waals surface area contributed by atoms with Crippen LogP contribution in [-0.2, 0) is 19.2 Å². The highest BCUT2D eigenvalue weighted by Crippen LogP contribution is 1.89. The molecule has 0 aliphatic carbocycles. The predicted molar refractivity (Wildman–Crippen MR) is 60.2 cm³/mol. The van der Waals surface area contributed by atoms with Gasteiger partial charge in [0.05, 0.1) is 0 Å². The maximum atomic E-state index is 9.90.